The summed E-state index contributed by atoms with van der Waals surface area (Å²) in [7, 11) is 1.69. The number of methoxy groups -OCH3 is 1. The Labute approximate surface area is 165 Å². The number of carbonyl (C=O) groups excluding carboxylic acids is 1. The fraction of sp³-hybridized carbons (Fsp3) is 0.240. The molecule has 1 saturated carbocycles. The molecule has 0 aromatic heterocycles. The Morgan fingerprint density at radius 2 is 1.29 bits per heavy atom. The van der Waals surface area contributed by atoms with Crippen LogP contribution in [0, 0.1) is 0 Å². The van der Waals surface area contributed by atoms with E-state index in [1.165, 1.54) is 24.0 Å². The van der Waals surface area contributed by atoms with Crippen LogP contribution in [0.2, 0.25) is 0 Å². The summed E-state index contributed by atoms with van der Waals surface area (Å²) in [6, 6.07) is 25.5. The summed E-state index contributed by atoms with van der Waals surface area (Å²) >= 11 is 0. The third kappa shape index (κ3) is 3.53. The summed E-state index contributed by atoms with van der Waals surface area (Å²) in [6.07, 6.45) is 4.69. The largest absolute Gasteiger partial charge is 0.497 e. The summed E-state index contributed by atoms with van der Waals surface area (Å²) < 4.78 is 10.8. The normalized spacial score (nSPS) is 15.2. The molecule has 28 heavy (non-hydrogen) atoms. The molecule has 1 fully saturated rings. The molecular weight excluding hydrogens is 348 g/mol. The van der Waals surface area contributed by atoms with E-state index in [1.54, 1.807) is 19.2 Å². The van der Waals surface area contributed by atoms with E-state index in [2.05, 4.69) is 24.3 Å². The van der Waals surface area contributed by atoms with Crippen molar-refractivity contribution in [3.63, 3.8) is 0 Å². The van der Waals surface area contributed by atoms with Crippen LogP contribution < -0.4 is 9.47 Å². The number of benzene rings is 3. The topological polar surface area (TPSA) is 35.5 Å². The maximum absolute atomic E-state index is 12.3. The van der Waals surface area contributed by atoms with E-state index >= 15 is 0 Å². The lowest BCUT2D eigenvalue weighted by Gasteiger charge is -2.30. The van der Waals surface area contributed by atoms with Crippen molar-refractivity contribution >= 4 is 5.97 Å². The predicted molar refractivity (Wildman–Crippen MR) is 110 cm³/mol. The molecule has 0 unspecified atom stereocenters. The zero-order valence-electron chi connectivity index (χ0n) is 16.1. The van der Waals surface area contributed by atoms with Gasteiger partial charge in [0.1, 0.15) is 11.5 Å². The van der Waals surface area contributed by atoms with Gasteiger partial charge in [0.05, 0.1) is 12.7 Å². The highest BCUT2D eigenvalue weighted by molar-refractivity contribution is 5.90. The summed E-state index contributed by atoms with van der Waals surface area (Å²) in [5, 5.41) is 0. The second-order valence-corrected chi connectivity index (χ2v) is 7.30. The first-order valence-electron chi connectivity index (χ1n) is 9.74. The average Bonchev–Trinajstić information content (AvgIpc) is 3.26. The molecule has 3 aromatic carbocycles. The standard InChI is InChI=1S/C25H24O3/c1-27-22-13-9-20(10-14-22)25(17-5-6-18-25)21-11-15-23(16-12-21)28-24(26)19-7-3-2-4-8-19/h2-4,7-16H,5-6,17-18H2,1H3. The van der Waals surface area contributed by atoms with Crippen LogP contribution in [0.3, 0.4) is 0 Å². The molecule has 4 rings (SSSR count). The third-order valence-corrected chi connectivity index (χ3v) is 5.73. The summed E-state index contributed by atoms with van der Waals surface area (Å²) in [5.41, 5.74) is 3.17. The minimum Gasteiger partial charge on any atom is -0.497 e. The molecular formula is C25H24O3. The van der Waals surface area contributed by atoms with Crippen molar-refractivity contribution < 1.29 is 14.3 Å². The SMILES string of the molecule is COc1ccc(C2(c3ccc(OC(=O)c4ccccc4)cc3)CCCC2)cc1. The van der Waals surface area contributed by atoms with E-state index in [0.717, 1.165) is 18.6 Å². The summed E-state index contributed by atoms with van der Waals surface area (Å²) in [4.78, 5) is 12.3. The number of ether oxygens (including phenoxy) is 2. The number of esters is 1. The van der Waals surface area contributed by atoms with Crippen LogP contribution in [0.15, 0.2) is 78.9 Å². The minimum absolute atomic E-state index is 0.0221. The molecule has 3 heteroatoms. The Morgan fingerprint density at radius 3 is 1.82 bits per heavy atom. The van der Waals surface area contributed by atoms with Gasteiger partial charge in [0.25, 0.3) is 0 Å². The van der Waals surface area contributed by atoms with Crippen LogP contribution in [0.5, 0.6) is 11.5 Å². The smallest absolute Gasteiger partial charge is 0.343 e. The fourth-order valence-corrected chi connectivity index (χ4v) is 4.21. The average molecular weight is 372 g/mol. The van der Waals surface area contributed by atoms with Crippen molar-refractivity contribution in [3.8, 4) is 11.5 Å². The second-order valence-electron chi connectivity index (χ2n) is 7.30. The quantitative estimate of drug-likeness (QED) is 0.421. The van der Waals surface area contributed by atoms with Crippen LogP contribution in [0.4, 0.5) is 0 Å². The monoisotopic (exact) mass is 372 g/mol. The molecule has 0 spiro atoms. The molecule has 0 N–H and O–H groups in total. The van der Waals surface area contributed by atoms with Crippen molar-refractivity contribution in [2.24, 2.45) is 0 Å². The molecule has 0 saturated heterocycles. The highest BCUT2D eigenvalue weighted by Crippen LogP contribution is 2.47. The van der Waals surface area contributed by atoms with Gasteiger partial charge < -0.3 is 9.47 Å². The highest BCUT2D eigenvalue weighted by Gasteiger charge is 2.37. The summed E-state index contributed by atoms with van der Waals surface area (Å²) in [6.45, 7) is 0. The minimum atomic E-state index is -0.334. The van der Waals surface area contributed by atoms with Crippen LogP contribution in [-0.4, -0.2) is 13.1 Å². The number of hydrogen-bond acceptors (Lipinski definition) is 3. The van der Waals surface area contributed by atoms with Crippen molar-refractivity contribution in [1.29, 1.82) is 0 Å². The van der Waals surface area contributed by atoms with Crippen molar-refractivity contribution in [2.45, 2.75) is 31.1 Å². The predicted octanol–water partition coefficient (Wildman–Crippen LogP) is 5.77. The van der Waals surface area contributed by atoms with Gasteiger partial charge in [-0.1, -0.05) is 55.3 Å². The van der Waals surface area contributed by atoms with Crippen molar-refractivity contribution in [3.05, 3.63) is 95.6 Å². The molecule has 0 aliphatic heterocycles. The summed E-state index contributed by atoms with van der Waals surface area (Å²) in [5.74, 6) is 1.11. The molecule has 0 bridgehead atoms. The first-order chi connectivity index (χ1) is 13.7. The lowest BCUT2D eigenvalue weighted by molar-refractivity contribution is 0.0734. The molecule has 1 aliphatic carbocycles. The Hall–Kier alpha value is -3.07. The molecule has 0 atom stereocenters. The zero-order chi connectivity index (χ0) is 19.4. The zero-order valence-corrected chi connectivity index (χ0v) is 16.1. The van der Waals surface area contributed by atoms with Gasteiger partial charge in [0.2, 0.25) is 0 Å². The van der Waals surface area contributed by atoms with Gasteiger partial charge in [0.15, 0.2) is 0 Å². The van der Waals surface area contributed by atoms with E-state index < -0.39 is 0 Å². The Kier molecular flexibility index (Phi) is 5.16. The van der Waals surface area contributed by atoms with Gasteiger partial charge in [-0.25, -0.2) is 4.79 Å². The fourth-order valence-electron chi connectivity index (χ4n) is 4.21. The first kappa shape index (κ1) is 18.3. The molecule has 0 radical (unpaired) electrons. The van der Waals surface area contributed by atoms with Gasteiger partial charge >= 0.3 is 5.97 Å². The van der Waals surface area contributed by atoms with Crippen LogP contribution in [0.1, 0.15) is 47.2 Å². The van der Waals surface area contributed by atoms with Crippen LogP contribution in [0.25, 0.3) is 0 Å². The number of hydrogen-bond donors (Lipinski definition) is 0. The Bertz CT molecular complexity index is 922. The first-order valence-corrected chi connectivity index (χ1v) is 9.74. The molecule has 0 amide bonds. The van der Waals surface area contributed by atoms with Gasteiger partial charge in [-0.15, -0.1) is 0 Å². The molecule has 0 heterocycles. The van der Waals surface area contributed by atoms with Crippen molar-refractivity contribution in [1.82, 2.24) is 0 Å². The van der Waals surface area contributed by atoms with E-state index in [4.69, 9.17) is 9.47 Å². The second kappa shape index (κ2) is 7.89. The number of rotatable bonds is 5. The molecule has 3 aromatic rings. The van der Waals surface area contributed by atoms with Crippen molar-refractivity contribution in [2.75, 3.05) is 7.11 Å². The Morgan fingerprint density at radius 1 is 0.750 bits per heavy atom. The van der Waals surface area contributed by atoms with Crippen LogP contribution in [-0.2, 0) is 5.41 Å². The number of carbonyl (C=O) groups is 1. The van der Waals surface area contributed by atoms with E-state index in [0.29, 0.717) is 11.3 Å². The van der Waals surface area contributed by atoms with E-state index in [9.17, 15) is 4.79 Å². The van der Waals surface area contributed by atoms with Crippen LogP contribution >= 0.6 is 0 Å². The van der Waals surface area contributed by atoms with Gasteiger partial charge in [0, 0.05) is 5.41 Å². The molecule has 142 valence electrons. The van der Waals surface area contributed by atoms with Gasteiger partial charge in [-0.3, -0.25) is 0 Å². The van der Waals surface area contributed by atoms with Gasteiger partial charge in [-0.2, -0.15) is 0 Å². The van der Waals surface area contributed by atoms with E-state index in [-0.39, 0.29) is 11.4 Å². The Balaban J connectivity index is 1.58. The highest BCUT2D eigenvalue weighted by atomic mass is 16.5. The maximum atomic E-state index is 12.3. The maximum Gasteiger partial charge on any atom is 0.343 e. The third-order valence-electron chi connectivity index (χ3n) is 5.73. The molecule has 3 nitrogen and oxygen atoms in total. The van der Waals surface area contributed by atoms with E-state index in [1.807, 2.05) is 42.5 Å². The van der Waals surface area contributed by atoms with Gasteiger partial charge in [-0.05, 0) is 60.4 Å². The lowest BCUT2D eigenvalue weighted by atomic mass is 9.73. The lowest BCUT2D eigenvalue weighted by Crippen LogP contribution is -2.23. The molecule has 1 aliphatic rings.